The molecule has 0 atom stereocenters. The van der Waals surface area contributed by atoms with E-state index < -0.39 is 13.1 Å². The maximum atomic E-state index is 10.2. The lowest BCUT2D eigenvalue weighted by molar-refractivity contribution is 0.385. The molecule has 5 heteroatoms. The van der Waals surface area contributed by atoms with E-state index in [1.807, 2.05) is 0 Å². The minimum atomic E-state index is -4.02. The second kappa shape index (κ2) is 2.84. The average Bonchev–Trinajstić information content (AvgIpc) is 1.57. The fourth-order valence-corrected chi connectivity index (χ4v) is 0.868. The summed E-state index contributed by atoms with van der Waals surface area (Å²) in [6.07, 6.45) is 1.29. The van der Waals surface area contributed by atoms with Crippen molar-refractivity contribution in [3.05, 3.63) is 11.9 Å². The highest BCUT2D eigenvalue weighted by Gasteiger charge is 2.10. The molecular formula is C5H12NO3P. The third-order valence-electron chi connectivity index (χ3n) is 0.698. The van der Waals surface area contributed by atoms with Crippen molar-refractivity contribution >= 4 is 7.60 Å². The van der Waals surface area contributed by atoms with Gasteiger partial charge in [-0.05, 0) is 13.8 Å². The molecule has 4 nitrogen and oxygen atoms in total. The fraction of sp³-hybridized carbons (Fsp3) is 0.600. The molecule has 0 saturated heterocycles. The van der Waals surface area contributed by atoms with E-state index in [0.717, 1.165) is 5.82 Å². The van der Waals surface area contributed by atoms with E-state index in [4.69, 9.17) is 15.5 Å². The van der Waals surface area contributed by atoms with Crippen LogP contribution in [-0.4, -0.2) is 15.3 Å². The number of hydrogen-bond donors (Lipinski definition) is 3. The lowest BCUT2D eigenvalue weighted by Crippen LogP contribution is -2.28. The van der Waals surface area contributed by atoms with Crippen molar-refractivity contribution in [2.75, 3.05) is 0 Å². The molecule has 0 aliphatic heterocycles. The predicted octanol–water partition coefficient (Wildman–Crippen LogP) is 0.415. The number of hydrogen-bond acceptors (Lipinski definition) is 2. The zero-order valence-corrected chi connectivity index (χ0v) is 6.88. The Morgan fingerprint density at radius 2 is 1.90 bits per heavy atom. The maximum Gasteiger partial charge on any atom is 0.348 e. The molecular weight excluding hydrogens is 153 g/mol. The van der Waals surface area contributed by atoms with Crippen LogP contribution in [0.3, 0.4) is 0 Å². The zero-order valence-electron chi connectivity index (χ0n) is 5.98. The Balaban J connectivity index is 4.16. The van der Waals surface area contributed by atoms with Crippen LogP contribution in [0.5, 0.6) is 0 Å². The van der Waals surface area contributed by atoms with Gasteiger partial charge in [-0.2, -0.15) is 0 Å². The van der Waals surface area contributed by atoms with Crippen LogP contribution in [-0.2, 0) is 4.57 Å². The van der Waals surface area contributed by atoms with Crippen LogP contribution >= 0.6 is 7.60 Å². The van der Waals surface area contributed by atoms with Crippen LogP contribution in [0.15, 0.2) is 11.9 Å². The van der Waals surface area contributed by atoms with Gasteiger partial charge >= 0.3 is 7.60 Å². The number of nitrogens with two attached hydrogens (primary N) is 1. The maximum absolute atomic E-state index is 10.2. The van der Waals surface area contributed by atoms with Crippen molar-refractivity contribution in [1.29, 1.82) is 0 Å². The van der Waals surface area contributed by atoms with Crippen molar-refractivity contribution < 1.29 is 14.4 Å². The average molecular weight is 165 g/mol. The molecule has 0 heterocycles. The fourth-order valence-electron chi connectivity index (χ4n) is 0.289. The van der Waals surface area contributed by atoms with Gasteiger partial charge in [-0.3, -0.25) is 4.57 Å². The van der Waals surface area contributed by atoms with Gasteiger partial charge in [-0.15, -0.1) is 0 Å². The molecule has 0 aliphatic carbocycles. The number of rotatable bonds is 2. The van der Waals surface area contributed by atoms with Crippen molar-refractivity contribution in [3.63, 3.8) is 0 Å². The monoisotopic (exact) mass is 165 g/mol. The van der Waals surface area contributed by atoms with Gasteiger partial charge in [0.25, 0.3) is 0 Å². The van der Waals surface area contributed by atoms with Gasteiger partial charge in [0.1, 0.15) is 0 Å². The summed E-state index contributed by atoms with van der Waals surface area (Å²) in [5, 5.41) is 0. The Kier molecular flexibility index (Phi) is 2.80. The molecule has 10 heavy (non-hydrogen) atoms. The topological polar surface area (TPSA) is 83.6 Å². The molecule has 0 amide bonds. The third-order valence-corrected chi connectivity index (χ3v) is 1.24. The second-order valence-corrected chi connectivity index (χ2v) is 4.20. The van der Waals surface area contributed by atoms with Crippen molar-refractivity contribution in [2.24, 2.45) is 5.73 Å². The Hall–Kier alpha value is -0.150. The molecule has 0 saturated carbocycles. The molecule has 4 N–H and O–H groups in total. The molecule has 0 aromatic rings. The van der Waals surface area contributed by atoms with Crippen LogP contribution in [0.4, 0.5) is 0 Å². The van der Waals surface area contributed by atoms with Crippen LogP contribution in [0.2, 0.25) is 0 Å². The molecule has 0 spiro atoms. The summed E-state index contributed by atoms with van der Waals surface area (Å²) < 4.78 is 10.2. The van der Waals surface area contributed by atoms with E-state index in [-0.39, 0.29) is 0 Å². The zero-order chi connectivity index (χ0) is 8.41. The van der Waals surface area contributed by atoms with E-state index in [0.29, 0.717) is 0 Å². The largest absolute Gasteiger partial charge is 0.348 e. The quantitative estimate of drug-likeness (QED) is 0.517. The summed E-state index contributed by atoms with van der Waals surface area (Å²) in [4.78, 5) is 16.7. The highest BCUT2D eigenvalue weighted by molar-refractivity contribution is 7.55. The van der Waals surface area contributed by atoms with E-state index in [9.17, 15) is 4.57 Å². The Morgan fingerprint density at radius 1 is 1.50 bits per heavy atom. The standard InChI is InChI=1S/C5H12NO3P/c1-5(2,6)3-4-10(7,8)9/h3-4H,6H2,1-2H3,(H2,7,8,9)/b4-3+. The molecule has 0 unspecified atom stereocenters. The van der Waals surface area contributed by atoms with Crippen molar-refractivity contribution in [2.45, 2.75) is 19.4 Å². The molecule has 0 aromatic heterocycles. The first kappa shape index (κ1) is 9.85. The second-order valence-electron chi connectivity index (χ2n) is 2.73. The van der Waals surface area contributed by atoms with Crippen LogP contribution < -0.4 is 5.73 Å². The van der Waals surface area contributed by atoms with Gasteiger partial charge in [0.2, 0.25) is 0 Å². The van der Waals surface area contributed by atoms with Gasteiger partial charge in [0, 0.05) is 11.4 Å². The van der Waals surface area contributed by atoms with Gasteiger partial charge in [-0.1, -0.05) is 6.08 Å². The lowest BCUT2D eigenvalue weighted by atomic mass is 10.1. The smallest absolute Gasteiger partial charge is 0.322 e. The first-order valence-electron chi connectivity index (χ1n) is 2.75. The molecule has 0 rings (SSSR count). The first-order chi connectivity index (χ1) is 4.21. The highest BCUT2D eigenvalue weighted by atomic mass is 31.2. The Morgan fingerprint density at radius 3 is 2.00 bits per heavy atom. The summed E-state index contributed by atoms with van der Waals surface area (Å²) in [5.74, 6) is 0.812. The summed E-state index contributed by atoms with van der Waals surface area (Å²) >= 11 is 0. The van der Waals surface area contributed by atoms with Crippen molar-refractivity contribution in [1.82, 2.24) is 0 Å². The van der Waals surface area contributed by atoms with Crippen LogP contribution in [0, 0.1) is 0 Å². The molecule has 0 aromatic carbocycles. The molecule has 0 radical (unpaired) electrons. The molecule has 0 bridgehead atoms. The van der Waals surface area contributed by atoms with Gasteiger partial charge in [-0.25, -0.2) is 0 Å². The lowest BCUT2D eigenvalue weighted by Gasteiger charge is -2.11. The summed E-state index contributed by atoms with van der Waals surface area (Å²) in [7, 11) is -4.02. The summed E-state index contributed by atoms with van der Waals surface area (Å²) in [5.41, 5.74) is 4.75. The SMILES string of the molecule is CC(C)(N)/C=C/P(=O)(O)O. The van der Waals surface area contributed by atoms with Crippen LogP contribution in [0.1, 0.15) is 13.8 Å². The van der Waals surface area contributed by atoms with E-state index in [1.54, 1.807) is 13.8 Å². The van der Waals surface area contributed by atoms with E-state index in [2.05, 4.69) is 0 Å². The minimum absolute atomic E-state index is 0.666. The Bertz CT molecular complexity index is 176. The van der Waals surface area contributed by atoms with Gasteiger partial charge in [0.15, 0.2) is 0 Å². The summed E-state index contributed by atoms with van der Waals surface area (Å²) in [6, 6.07) is 0. The Labute approximate surface area is 59.9 Å². The third kappa shape index (κ3) is 7.85. The molecule has 0 fully saturated rings. The predicted molar refractivity (Wildman–Crippen MR) is 39.5 cm³/mol. The minimum Gasteiger partial charge on any atom is -0.322 e. The highest BCUT2D eigenvalue weighted by Crippen LogP contribution is 2.36. The molecule has 60 valence electrons. The van der Waals surface area contributed by atoms with E-state index in [1.165, 1.54) is 6.08 Å². The van der Waals surface area contributed by atoms with Crippen molar-refractivity contribution in [3.8, 4) is 0 Å². The van der Waals surface area contributed by atoms with Gasteiger partial charge in [0.05, 0.1) is 0 Å². The first-order valence-corrected chi connectivity index (χ1v) is 4.43. The van der Waals surface area contributed by atoms with Crippen LogP contribution in [0.25, 0.3) is 0 Å². The normalized spacial score (nSPS) is 14.5. The van der Waals surface area contributed by atoms with Gasteiger partial charge < -0.3 is 15.5 Å². The molecule has 0 aliphatic rings. The van der Waals surface area contributed by atoms with E-state index >= 15 is 0 Å². The summed E-state index contributed by atoms with van der Waals surface area (Å²) in [6.45, 7) is 3.30.